The summed E-state index contributed by atoms with van der Waals surface area (Å²) in [4.78, 5) is 26.5. The Kier molecular flexibility index (Phi) is 6.23. The van der Waals surface area contributed by atoms with E-state index in [2.05, 4.69) is 25.2 Å². The van der Waals surface area contributed by atoms with E-state index in [1.807, 2.05) is 34.6 Å². The van der Waals surface area contributed by atoms with Crippen LogP contribution >= 0.6 is 11.6 Å². The molecule has 11 heteroatoms. The minimum Gasteiger partial charge on any atom is -0.497 e. The molecule has 1 fully saturated rings. The average molecular weight is 497 g/mol. The number of likely N-dealkylation sites (tertiary alicyclic amines) is 1. The van der Waals surface area contributed by atoms with Gasteiger partial charge >= 0.3 is 6.03 Å². The smallest absolute Gasteiger partial charge is 0.317 e. The molecule has 3 heterocycles. The lowest BCUT2D eigenvalue weighted by atomic mass is 9.87. The molecular weight excluding hydrogens is 468 g/mol. The van der Waals surface area contributed by atoms with Crippen molar-refractivity contribution in [3.8, 4) is 5.75 Å². The number of hydrogen-bond donors (Lipinski definition) is 2. The van der Waals surface area contributed by atoms with E-state index in [1.165, 1.54) is 6.33 Å². The van der Waals surface area contributed by atoms with Gasteiger partial charge in [0.25, 0.3) is 0 Å². The molecule has 0 saturated carbocycles. The van der Waals surface area contributed by atoms with Gasteiger partial charge in [0.15, 0.2) is 5.65 Å². The molecular formula is C24H29ClN8O2. The summed E-state index contributed by atoms with van der Waals surface area (Å²) in [5.74, 6) is 0.846. The van der Waals surface area contributed by atoms with Crippen LogP contribution in [0.5, 0.6) is 5.75 Å². The Morgan fingerprint density at radius 3 is 2.66 bits per heavy atom. The average Bonchev–Trinajstić information content (AvgIpc) is 3.08. The number of methoxy groups -OCH3 is 1. The number of halogens is 1. The van der Waals surface area contributed by atoms with Gasteiger partial charge in [0.05, 0.1) is 30.8 Å². The number of fused-ring (bicyclic) bond motifs is 1. The van der Waals surface area contributed by atoms with Crippen LogP contribution in [0.15, 0.2) is 12.4 Å². The van der Waals surface area contributed by atoms with Crippen LogP contribution < -0.4 is 15.8 Å². The van der Waals surface area contributed by atoms with Crippen LogP contribution in [0.4, 0.5) is 16.3 Å². The van der Waals surface area contributed by atoms with Gasteiger partial charge in [-0.25, -0.2) is 24.3 Å². The SMILES string of the molecule is [C-]#[N+]c1c(Cl)cc(C(C)n2nc(C)c3c(N)ncnc32)c(OC)c1C1CN(C(=O)NC(C)(C)C)C1. The number of benzene rings is 1. The molecule has 1 saturated heterocycles. The number of aromatic nitrogens is 4. The maximum Gasteiger partial charge on any atom is 0.317 e. The summed E-state index contributed by atoms with van der Waals surface area (Å²) >= 11 is 6.62. The van der Waals surface area contributed by atoms with Crippen molar-refractivity contribution in [2.24, 2.45) is 0 Å². The zero-order valence-corrected chi connectivity index (χ0v) is 21.4. The van der Waals surface area contributed by atoms with Gasteiger partial charge in [-0.3, -0.25) is 0 Å². The second-order valence-electron chi connectivity index (χ2n) is 9.80. The largest absolute Gasteiger partial charge is 0.497 e. The molecule has 35 heavy (non-hydrogen) atoms. The Labute approximate surface area is 209 Å². The third-order valence-electron chi connectivity index (χ3n) is 6.16. The number of hydrogen-bond acceptors (Lipinski definition) is 6. The van der Waals surface area contributed by atoms with Crippen molar-refractivity contribution in [3.63, 3.8) is 0 Å². The zero-order valence-electron chi connectivity index (χ0n) is 20.7. The van der Waals surface area contributed by atoms with E-state index in [0.717, 1.165) is 5.56 Å². The van der Waals surface area contributed by atoms with Crippen molar-refractivity contribution in [2.45, 2.75) is 52.1 Å². The van der Waals surface area contributed by atoms with Crippen molar-refractivity contribution in [3.05, 3.63) is 45.7 Å². The first kappa shape index (κ1) is 24.5. The van der Waals surface area contributed by atoms with Crippen LogP contribution in [0, 0.1) is 13.5 Å². The molecule has 0 radical (unpaired) electrons. The fourth-order valence-electron chi connectivity index (χ4n) is 4.49. The number of urea groups is 1. The standard InChI is InChI=1S/C24H29ClN8O2/c1-12-17-21(26)28-11-29-22(17)33(31-12)13(2)15-8-16(25)19(27-6)18(20(15)35-7)14-9-32(10-14)23(34)30-24(3,4)5/h8,11,13-14H,9-10H2,1-5,7H3,(H,30,34)(H2,26,28,29). The number of ether oxygens (including phenoxy) is 1. The first-order valence-electron chi connectivity index (χ1n) is 11.3. The first-order valence-corrected chi connectivity index (χ1v) is 11.6. The van der Waals surface area contributed by atoms with Crippen LogP contribution in [0.3, 0.4) is 0 Å². The topological polar surface area (TPSA) is 116 Å². The van der Waals surface area contributed by atoms with Crippen LogP contribution in [0.25, 0.3) is 15.9 Å². The summed E-state index contributed by atoms with van der Waals surface area (Å²) in [6, 6.07) is 1.29. The van der Waals surface area contributed by atoms with Crippen molar-refractivity contribution in [1.29, 1.82) is 0 Å². The van der Waals surface area contributed by atoms with Gasteiger partial charge in [0.2, 0.25) is 5.69 Å². The summed E-state index contributed by atoms with van der Waals surface area (Å²) in [5.41, 5.74) is 8.86. The van der Waals surface area contributed by atoms with Crippen LogP contribution in [0.1, 0.15) is 56.5 Å². The van der Waals surface area contributed by atoms with Gasteiger partial charge in [-0.1, -0.05) is 11.6 Å². The van der Waals surface area contributed by atoms with E-state index >= 15 is 0 Å². The second-order valence-corrected chi connectivity index (χ2v) is 10.2. The van der Waals surface area contributed by atoms with Gasteiger partial charge in [0.1, 0.15) is 17.9 Å². The van der Waals surface area contributed by atoms with Crippen molar-refractivity contribution in [1.82, 2.24) is 30.0 Å². The fraction of sp³-hybridized carbons (Fsp3) is 0.458. The molecule has 1 aliphatic heterocycles. The molecule has 3 aromatic rings. The Bertz CT molecular complexity index is 1350. The summed E-state index contributed by atoms with van der Waals surface area (Å²) in [5, 5.41) is 8.67. The highest BCUT2D eigenvalue weighted by atomic mass is 35.5. The maximum atomic E-state index is 12.6. The third kappa shape index (κ3) is 4.32. The Hall–Kier alpha value is -3.58. The van der Waals surface area contributed by atoms with Crippen LogP contribution in [0.2, 0.25) is 5.02 Å². The summed E-state index contributed by atoms with van der Waals surface area (Å²) < 4.78 is 7.64. The van der Waals surface area contributed by atoms with Gasteiger partial charge in [-0.05, 0) is 40.7 Å². The number of nitrogens with two attached hydrogens (primary N) is 1. The molecule has 0 spiro atoms. The Balaban J connectivity index is 1.76. The van der Waals surface area contributed by atoms with Gasteiger partial charge < -0.3 is 20.7 Å². The predicted molar refractivity (Wildman–Crippen MR) is 135 cm³/mol. The van der Waals surface area contributed by atoms with Gasteiger partial charge in [-0.15, -0.1) is 0 Å². The van der Waals surface area contributed by atoms with Crippen molar-refractivity contribution < 1.29 is 9.53 Å². The molecule has 0 bridgehead atoms. The number of nitrogens with zero attached hydrogens (tertiary/aromatic N) is 6. The maximum absolute atomic E-state index is 12.6. The lowest BCUT2D eigenvalue weighted by molar-refractivity contribution is 0.143. The molecule has 0 aliphatic carbocycles. The molecule has 4 rings (SSSR count). The molecule has 10 nitrogen and oxygen atoms in total. The van der Waals surface area contributed by atoms with Crippen LogP contribution in [-0.2, 0) is 0 Å². The predicted octanol–water partition coefficient (Wildman–Crippen LogP) is 4.45. The quantitative estimate of drug-likeness (QED) is 0.516. The lowest BCUT2D eigenvalue weighted by Crippen LogP contribution is -2.56. The molecule has 1 aliphatic rings. The van der Waals surface area contributed by atoms with E-state index in [-0.39, 0.29) is 23.5 Å². The summed E-state index contributed by atoms with van der Waals surface area (Å²) in [6.07, 6.45) is 1.41. The van der Waals surface area contributed by atoms with Crippen molar-refractivity contribution >= 4 is 40.2 Å². The van der Waals surface area contributed by atoms with Crippen LogP contribution in [-0.4, -0.2) is 56.4 Å². The molecule has 2 amide bonds. The number of nitrogens with one attached hydrogen (secondary N) is 1. The highest BCUT2D eigenvalue weighted by Gasteiger charge is 2.38. The second kappa shape index (κ2) is 8.89. The van der Waals surface area contributed by atoms with E-state index in [9.17, 15) is 4.79 Å². The van der Waals surface area contributed by atoms with Gasteiger partial charge in [-0.2, -0.15) is 5.10 Å². The molecule has 2 aromatic heterocycles. The summed E-state index contributed by atoms with van der Waals surface area (Å²) in [7, 11) is 1.58. The molecule has 1 aromatic carbocycles. The molecule has 184 valence electrons. The highest BCUT2D eigenvalue weighted by Crippen LogP contribution is 2.48. The minimum absolute atomic E-state index is 0.0847. The number of aryl methyl sites for hydroxylation is 1. The summed E-state index contributed by atoms with van der Waals surface area (Å²) in [6.45, 7) is 18.3. The number of carbonyl (C=O) groups excluding carboxylic acids is 1. The first-order chi connectivity index (χ1) is 16.5. The monoisotopic (exact) mass is 496 g/mol. The van der Waals surface area contributed by atoms with Gasteiger partial charge in [0, 0.05) is 40.7 Å². The third-order valence-corrected chi connectivity index (χ3v) is 6.44. The van der Waals surface area contributed by atoms with E-state index < -0.39 is 0 Å². The minimum atomic E-state index is -0.336. The Morgan fingerprint density at radius 2 is 2.06 bits per heavy atom. The van der Waals surface area contributed by atoms with E-state index in [0.29, 0.717) is 57.7 Å². The lowest BCUT2D eigenvalue weighted by Gasteiger charge is -2.42. The number of carbonyl (C=O) groups is 1. The number of anilines is 1. The van der Waals surface area contributed by atoms with E-state index in [4.69, 9.17) is 28.6 Å². The zero-order chi connectivity index (χ0) is 25.7. The number of nitrogen functional groups attached to an aromatic ring is 1. The normalized spacial score (nSPS) is 15.0. The van der Waals surface area contributed by atoms with E-state index in [1.54, 1.807) is 22.8 Å². The number of amides is 2. The Morgan fingerprint density at radius 1 is 1.37 bits per heavy atom. The highest BCUT2D eigenvalue weighted by molar-refractivity contribution is 6.33. The number of rotatable bonds is 4. The van der Waals surface area contributed by atoms with Crippen molar-refractivity contribution in [2.75, 3.05) is 25.9 Å². The molecule has 1 unspecified atom stereocenters. The fourth-order valence-corrected chi connectivity index (χ4v) is 4.75. The molecule has 1 atom stereocenters. The molecule has 3 N–H and O–H groups in total.